The van der Waals surface area contributed by atoms with Gasteiger partial charge in [0, 0.05) is 25.0 Å². The van der Waals surface area contributed by atoms with Gasteiger partial charge in [0.1, 0.15) is 0 Å². The summed E-state index contributed by atoms with van der Waals surface area (Å²) in [6, 6.07) is 7.95. The standard InChI is InChI=1S/C21H23N5O3/c1-14-6-9-26-18(23-24-20(26)22-14)19(27)25-8-3-7-21(2,12-25)11-15-4-5-16-17(10-15)29-13-28-16/h4-6,9-10H,3,7-8,11-13H2,1-2H3/t21-/m0/s1. The van der Waals surface area contributed by atoms with Gasteiger partial charge >= 0.3 is 0 Å². The van der Waals surface area contributed by atoms with Crippen molar-refractivity contribution in [2.45, 2.75) is 33.1 Å². The van der Waals surface area contributed by atoms with Crippen molar-refractivity contribution in [2.75, 3.05) is 19.9 Å². The average Bonchev–Trinajstić information content (AvgIpc) is 3.33. The van der Waals surface area contributed by atoms with Gasteiger partial charge < -0.3 is 14.4 Å². The van der Waals surface area contributed by atoms with Gasteiger partial charge in [0.05, 0.1) is 0 Å². The van der Waals surface area contributed by atoms with Crippen LogP contribution in [0.2, 0.25) is 0 Å². The van der Waals surface area contributed by atoms with E-state index in [0.29, 0.717) is 18.1 Å². The molecule has 1 amide bonds. The molecule has 8 nitrogen and oxygen atoms in total. The van der Waals surface area contributed by atoms with Crippen LogP contribution in [0.25, 0.3) is 5.78 Å². The lowest BCUT2D eigenvalue weighted by Gasteiger charge is -2.40. The Hall–Kier alpha value is -3.16. The minimum atomic E-state index is -0.0974. The van der Waals surface area contributed by atoms with Gasteiger partial charge in [-0.05, 0) is 55.4 Å². The number of hydrogen-bond acceptors (Lipinski definition) is 6. The molecule has 8 heteroatoms. The molecule has 1 saturated heterocycles. The Balaban J connectivity index is 1.36. The Labute approximate surface area is 168 Å². The van der Waals surface area contributed by atoms with E-state index in [1.165, 1.54) is 5.56 Å². The number of piperidine rings is 1. The molecule has 1 fully saturated rings. The molecule has 0 saturated carbocycles. The summed E-state index contributed by atoms with van der Waals surface area (Å²) in [5, 5.41) is 8.17. The van der Waals surface area contributed by atoms with Crippen LogP contribution < -0.4 is 9.47 Å². The molecule has 3 aromatic rings. The first kappa shape index (κ1) is 17.9. The number of carbonyl (C=O) groups is 1. The Bertz CT molecular complexity index is 1100. The van der Waals surface area contributed by atoms with Crippen molar-refractivity contribution in [1.29, 1.82) is 0 Å². The number of rotatable bonds is 3. The highest BCUT2D eigenvalue weighted by Gasteiger charge is 2.35. The highest BCUT2D eigenvalue weighted by Crippen LogP contribution is 2.37. The van der Waals surface area contributed by atoms with Gasteiger partial charge in [-0.3, -0.25) is 9.20 Å². The predicted octanol–water partition coefficient (Wildman–Crippen LogP) is 2.65. The molecule has 0 unspecified atom stereocenters. The minimum absolute atomic E-state index is 0.0169. The van der Waals surface area contributed by atoms with Crippen LogP contribution in [0.4, 0.5) is 0 Å². The van der Waals surface area contributed by atoms with Crippen molar-refractivity contribution in [1.82, 2.24) is 24.5 Å². The normalized spacial score (nSPS) is 21.0. The van der Waals surface area contributed by atoms with Gasteiger partial charge in [0.25, 0.3) is 11.7 Å². The fourth-order valence-corrected chi connectivity index (χ4v) is 4.34. The van der Waals surface area contributed by atoms with E-state index in [2.05, 4.69) is 28.2 Å². The van der Waals surface area contributed by atoms with E-state index < -0.39 is 0 Å². The minimum Gasteiger partial charge on any atom is -0.454 e. The number of ether oxygens (including phenoxy) is 2. The summed E-state index contributed by atoms with van der Waals surface area (Å²) in [5.74, 6) is 2.27. The number of likely N-dealkylation sites (tertiary alicyclic amines) is 1. The summed E-state index contributed by atoms with van der Waals surface area (Å²) in [6.45, 7) is 5.81. The second-order valence-corrected chi connectivity index (χ2v) is 8.27. The number of fused-ring (bicyclic) bond motifs is 2. The molecule has 0 radical (unpaired) electrons. The van der Waals surface area contributed by atoms with Crippen molar-refractivity contribution < 1.29 is 14.3 Å². The van der Waals surface area contributed by atoms with Crippen molar-refractivity contribution in [2.24, 2.45) is 5.41 Å². The number of hydrogen-bond donors (Lipinski definition) is 0. The fraction of sp³-hybridized carbons (Fsp3) is 0.429. The van der Waals surface area contributed by atoms with Gasteiger partial charge in [0.2, 0.25) is 12.6 Å². The molecule has 2 aliphatic heterocycles. The van der Waals surface area contributed by atoms with E-state index in [1.807, 2.05) is 30.0 Å². The summed E-state index contributed by atoms with van der Waals surface area (Å²) in [4.78, 5) is 19.4. The Morgan fingerprint density at radius 2 is 2.07 bits per heavy atom. The first-order valence-electron chi connectivity index (χ1n) is 9.87. The topological polar surface area (TPSA) is 81.9 Å². The summed E-state index contributed by atoms with van der Waals surface area (Å²) in [7, 11) is 0. The highest BCUT2D eigenvalue weighted by atomic mass is 16.7. The van der Waals surface area contributed by atoms with E-state index in [1.54, 1.807) is 10.6 Å². The van der Waals surface area contributed by atoms with Gasteiger partial charge in [-0.15, -0.1) is 10.2 Å². The average molecular weight is 393 g/mol. The van der Waals surface area contributed by atoms with Gasteiger partial charge in [-0.2, -0.15) is 0 Å². The summed E-state index contributed by atoms with van der Waals surface area (Å²) >= 11 is 0. The molecular formula is C21H23N5O3. The van der Waals surface area contributed by atoms with E-state index in [4.69, 9.17) is 9.47 Å². The zero-order chi connectivity index (χ0) is 20.0. The van der Waals surface area contributed by atoms with Crippen molar-refractivity contribution in [3.05, 3.63) is 47.5 Å². The van der Waals surface area contributed by atoms with Crippen LogP contribution >= 0.6 is 0 Å². The third-order valence-corrected chi connectivity index (χ3v) is 5.75. The Morgan fingerprint density at radius 3 is 2.97 bits per heavy atom. The molecule has 2 aliphatic rings. The maximum Gasteiger partial charge on any atom is 0.292 e. The summed E-state index contributed by atoms with van der Waals surface area (Å²) in [5.41, 5.74) is 2.02. The van der Waals surface area contributed by atoms with Crippen LogP contribution in [0.5, 0.6) is 11.5 Å². The van der Waals surface area contributed by atoms with Crippen LogP contribution in [0, 0.1) is 12.3 Å². The van der Waals surface area contributed by atoms with Crippen molar-refractivity contribution >= 4 is 11.7 Å². The monoisotopic (exact) mass is 393 g/mol. The maximum absolute atomic E-state index is 13.2. The molecule has 1 aromatic carbocycles. The zero-order valence-electron chi connectivity index (χ0n) is 16.6. The lowest BCUT2D eigenvalue weighted by Crippen LogP contribution is -2.46. The molecule has 2 aromatic heterocycles. The van der Waals surface area contributed by atoms with Crippen LogP contribution in [-0.4, -0.2) is 50.3 Å². The van der Waals surface area contributed by atoms with Gasteiger partial charge in [0.15, 0.2) is 11.5 Å². The van der Waals surface area contributed by atoms with Crippen LogP contribution in [-0.2, 0) is 6.42 Å². The predicted molar refractivity (Wildman–Crippen MR) is 105 cm³/mol. The number of amides is 1. The number of benzene rings is 1. The van der Waals surface area contributed by atoms with E-state index >= 15 is 0 Å². The second kappa shape index (κ2) is 6.72. The number of carbonyl (C=O) groups excluding carboxylic acids is 1. The molecular weight excluding hydrogens is 370 g/mol. The second-order valence-electron chi connectivity index (χ2n) is 8.27. The molecule has 0 spiro atoms. The largest absolute Gasteiger partial charge is 0.454 e. The van der Waals surface area contributed by atoms with Crippen molar-refractivity contribution in [3.8, 4) is 11.5 Å². The van der Waals surface area contributed by atoms with Crippen LogP contribution in [0.1, 0.15) is 41.6 Å². The fourth-order valence-electron chi connectivity index (χ4n) is 4.34. The molecule has 0 N–H and O–H groups in total. The SMILES string of the molecule is Cc1ccn2c(C(=O)N3CCC[C@@](C)(Cc4ccc5c(c4)OCO5)C3)nnc2n1. The smallest absolute Gasteiger partial charge is 0.292 e. The third kappa shape index (κ3) is 3.28. The first-order chi connectivity index (χ1) is 14.0. The van der Waals surface area contributed by atoms with Gasteiger partial charge in [-0.1, -0.05) is 13.0 Å². The molecule has 0 bridgehead atoms. The third-order valence-electron chi connectivity index (χ3n) is 5.75. The van der Waals surface area contributed by atoms with Gasteiger partial charge in [-0.25, -0.2) is 4.98 Å². The zero-order valence-corrected chi connectivity index (χ0v) is 16.6. The van der Waals surface area contributed by atoms with E-state index in [0.717, 1.165) is 43.0 Å². The molecule has 1 atom stereocenters. The quantitative estimate of drug-likeness (QED) is 0.680. The lowest BCUT2D eigenvalue weighted by atomic mass is 9.77. The van der Waals surface area contributed by atoms with Crippen molar-refractivity contribution in [3.63, 3.8) is 0 Å². The van der Waals surface area contributed by atoms with Crippen LogP contribution in [0.15, 0.2) is 30.5 Å². The molecule has 0 aliphatic carbocycles. The Morgan fingerprint density at radius 1 is 1.21 bits per heavy atom. The van der Waals surface area contributed by atoms with E-state index in [-0.39, 0.29) is 18.1 Å². The summed E-state index contributed by atoms with van der Waals surface area (Å²) in [6.07, 6.45) is 4.70. The number of aryl methyl sites for hydroxylation is 1. The van der Waals surface area contributed by atoms with Crippen LogP contribution in [0.3, 0.4) is 0 Å². The Kier molecular flexibility index (Phi) is 4.15. The molecule has 4 heterocycles. The highest BCUT2D eigenvalue weighted by molar-refractivity contribution is 5.91. The molecule has 150 valence electrons. The molecule has 5 rings (SSSR count). The number of nitrogens with zero attached hydrogens (tertiary/aromatic N) is 5. The summed E-state index contributed by atoms with van der Waals surface area (Å²) < 4.78 is 12.6. The first-order valence-corrected chi connectivity index (χ1v) is 9.87. The maximum atomic E-state index is 13.2. The van der Waals surface area contributed by atoms with E-state index in [9.17, 15) is 4.79 Å². The molecule has 29 heavy (non-hydrogen) atoms. The lowest BCUT2D eigenvalue weighted by molar-refractivity contribution is 0.0537. The number of aromatic nitrogens is 4.